The van der Waals surface area contributed by atoms with Gasteiger partial charge in [-0.3, -0.25) is 4.79 Å². The second-order valence-corrected chi connectivity index (χ2v) is 4.30. The van der Waals surface area contributed by atoms with E-state index in [9.17, 15) is 4.79 Å². The van der Waals surface area contributed by atoms with Gasteiger partial charge in [-0.05, 0) is 20.0 Å². The smallest absolute Gasteiger partial charge is 0.307 e. The first kappa shape index (κ1) is 17.1. The SMILES string of the molecule is CCOC(=O)CC(NC)c1cc(OC)c(OC)cc1OC. The van der Waals surface area contributed by atoms with E-state index >= 15 is 0 Å². The van der Waals surface area contributed by atoms with E-state index in [0.29, 0.717) is 23.9 Å². The average Bonchev–Trinajstić information content (AvgIpc) is 2.51. The molecule has 1 atom stereocenters. The number of nitrogens with one attached hydrogen (secondary N) is 1. The van der Waals surface area contributed by atoms with Gasteiger partial charge in [-0.2, -0.15) is 0 Å². The van der Waals surface area contributed by atoms with Crippen LogP contribution in [0.25, 0.3) is 0 Å². The molecule has 0 fully saturated rings. The molecule has 0 bridgehead atoms. The van der Waals surface area contributed by atoms with Crippen LogP contribution >= 0.6 is 0 Å². The van der Waals surface area contributed by atoms with Crippen LogP contribution < -0.4 is 19.5 Å². The van der Waals surface area contributed by atoms with Crippen molar-refractivity contribution in [3.63, 3.8) is 0 Å². The molecule has 21 heavy (non-hydrogen) atoms. The molecule has 1 aromatic carbocycles. The van der Waals surface area contributed by atoms with E-state index in [4.69, 9.17) is 18.9 Å². The van der Waals surface area contributed by atoms with Crippen LogP contribution in [0, 0.1) is 0 Å². The fraction of sp³-hybridized carbons (Fsp3) is 0.533. The van der Waals surface area contributed by atoms with E-state index in [1.54, 1.807) is 47.4 Å². The highest BCUT2D eigenvalue weighted by molar-refractivity contribution is 5.71. The highest BCUT2D eigenvalue weighted by Gasteiger charge is 2.21. The van der Waals surface area contributed by atoms with Gasteiger partial charge in [-0.1, -0.05) is 0 Å². The van der Waals surface area contributed by atoms with Gasteiger partial charge in [0, 0.05) is 17.7 Å². The third-order valence-electron chi connectivity index (χ3n) is 3.14. The van der Waals surface area contributed by atoms with E-state index < -0.39 is 0 Å². The van der Waals surface area contributed by atoms with Crippen molar-refractivity contribution < 1.29 is 23.7 Å². The molecular formula is C15H23NO5. The van der Waals surface area contributed by atoms with Crippen LogP contribution in [0.2, 0.25) is 0 Å². The van der Waals surface area contributed by atoms with Crippen molar-refractivity contribution in [1.29, 1.82) is 0 Å². The third-order valence-corrected chi connectivity index (χ3v) is 3.14. The number of carbonyl (C=O) groups is 1. The summed E-state index contributed by atoms with van der Waals surface area (Å²) in [5.74, 6) is 1.51. The average molecular weight is 297 g/mol. The Labute approximate surface area is 125 Å². The van der Waals surface area contributed by atoms with Gasteiger partial charge in [0.2, 0.25) is 0 Å². The zero-order valence-electron chi connectivity index (χ0n) is 13.2. The molecule has 1 N–H and O–H groups in total. The fourth-order valence-electron chi connectivity index (χ4n) is 2.08. The summed E-state index contributed by atoms with van der Waals surface area (Å²) in [5, 5.41) is 3.09. The molecule has 0 radical (unpaired) electrons. The lowest BCUT2D eigenvalue weighted by molar-refractivity contribution is -0.143. The van der Waals surface area contributed by atoms with Gasteiger partial charge >= 0.3 is 5.97 Å². The number of benzene rings is 1. The molecule has 1 unspecified atom stereocenters. The minimum absolute atomic E-state index is 0.205. The Balaban J connectivity index is 3.15. The van der Waals surface area contributed by atoms with Crippen LogP contribution in [0.4, 0.5) is 0 Å². The van der Waals surface area contributed by atoms with Crippen molar-refractivity contribution in [3.05, 3.63) is 17.7 Å². The van der Waals surface area contributed by atoms with Gasteiger partial charge in [0.1, 0.15) is 5.75 Å². The molecule has 1 aromatic rings. The largest absolute Gasteiger partial charge is 0.496 e. The highest BCUT2D eigenvalue weighted by atomic mass is 16.5. The summed E-state index contributed by atoms with van der Waals surface area (Å²) < 4.78 is 20.9. The summed E-state index contributed by atoms with van der Waals surface area (Å²) in [6, 6.07) is 3.31. The summed E-state index contributed by atoms with van der Waals surface area (Å²) in [4.78, 5) is 11.7. The van der Waals surface area contributed by atoms with E-state index in [2.05, 4.69) is 5.32 Å². The second-order valence-electron chi connectivity index (χ2n) is 4.30. The van der Waals surface area contributed by atoms with Crippen molar-refractivity contribution >= 4 is 5.97 Å². The van der Waals surface area contributed by atoms with Crippen molar-refractivity contribution in [2.45, 2.75) is 19.4 Å². The van der Waals surface area contributed by atoms with E-state index in [-0.39, 0.29) is 18.4 Å². The third kappa shape index (κ3) is 4.26. The summed E-state index contributed by atoms with van der Waals surface area (Å²) >= 11 is 0. The quantitative estimate of drug-likeness (QED) is 0.740. The van der Waals surface area contributed by atoms with Crippen LogP contribution in [-0.2, 0) is 9.53 Å². The van der Waals surface area contributed by atoms with Crippen LogP contribution in [0.1, 0.15) is 24.9 Å². The Morgan fingerprint density at radius 3 is 2.14 bits per heavy atom. The Kier molecular flexibility index (Phi) is 6.81. The molecule has 0 aliphatic heterocycles. The van der Waals surface area contributed by atoms with Gasteiger partial charge in [-0.25, -0.2) is 0 Å². The van der Waals surface area contributed by atoms with Gasteiger partial charge < -0.3 is 24.3 Å². The maximum atomic E-state index is 11.7. The number of methoxy groups -OCH3 is 3. The lowest BCUT2D eigenvalue weighted by atomic mass is 10.0. The molecule has 1 rings (SSSR count). The Morgan fingerprint density at radius 1 is 1.10 bits per heavy atom. The van der Waals surface area contributed by atoms with E-state index in [0.717, 1.165) is 5.56 Å². The first-order chi connectivity index (χ1) is 10.1. The standard InChI is InChI=1S/C15H23NO5/c1-6-21-15(17)8-11(16-2)10-7-13(19-4)14(20-5)9-12(10)18-3/h7,9,11,16H,6,8H2,1-5H3. The molecule has 0 aliphatic carbocycles. The number of ether oxygens (including phenoxy) is 4. The number of hydrogen-bond donors (Lipinski definition) is 1. The maximum Gasteiger partial charge on any atom is 0.307 e. The summed E-state index contributed by atoms with van der Waals surface area (Å²) in [6.45, 7) is 2.14. The van der Waals surface area contributed by atoms with Crippen LogP contribution in [-0.4, -0.2) is 41.0 Å². The van der Waals surface area contributed by atoms with E-state index in [1.165, 1.54) is 0 Å². The molecule has 0 amide bonds. The van der Waals surface area contributed by atoms with Gasteiger partial charge in [0.25, 0.3) is 0 Å². The van der Waals surface area contributed by atoms with Crippen molar-refractivity contribution in [2.75, 3.05) is 35.0 Å². The minimum atomic E-state index is -0.270. The fourth-order valence-corrected chi connectivity index (χ4v) is 2.08. The Bertz CT molecular complexity index is 475. The van der Waals surface area contributed by atoms with Crippen LogP contribution in [0.15, 0.2) is 12.1 Å². The molecule has 0 saturated carbocycles. The predicted molar refractivity (Wildman–Crippen MR) is 79.1 cm³/mol. The molecule has 6 heteroatoms. The number of carbonyl (C=O) groups excluding carboxylic acids is 1. The molecule has 118 valence electrons. The molecule has 0 aliphatic rings. The van der Waals surface area contributed by atoms with Crippen molar-refractivity contribution in [3.8, 4) is 17.2 Å². The lowest BCUT2D eigenvalue weighted by Crippen LogP contribution is -2.22. The summed E-state index contributed by atoms with van der Waals surface area (Å²) in [6.07, 6.45) is 0.205. The zero-order valence-corrected chi connectivity index (χ0v) is 13.2. The van der Waals surface area contributed by atoms with Crippen LogP contribution in [0.5, 0.6) is 17.2 Å². The number of rotatable bonds is 8. The molecule has 0 spiro atoms. The Hall–Kier alpha value is -1.95. The van der Waals surface area contributed by atoms with Crippen molar-refractivity contribution in [1.82, 2.24) is 5.32 Å². The molecule has 0 heterocycles. The molecular weight excluding hydrogens is 274 g/mol. The Morgan fingerprint density at radius 2 is 1.67 bits per heavy atom. The molecule has 6 nitrogen and oxygen atoms in total. The topological polar surface area (TPSA) is 66.0 Å². The number of esters is 1. The highest BCUT2D eigenvalue weighted by Crippen LogP contribution is 2.38. The van der Waals surface area contributed by atoms with Crippen molar-refractivity contribution in [2.24, 2.45) is 0 Å². The molecule has 0 aromatic heterocycles. The first-order valence-electron chi connectivity index (χ1n) is 6.74. The zero-order chi connectivity index (χ0) is 15.8. The summed E-state index contributed by atoms with van der Waals surface area (Å²) in [7, 11) is 6.47. The molecule has 0 saturated heterocycles. The van der Waals surface area contributed by atoms with Crippen LogP contribution in [0.3, 0.4) is 0 Å². The van der Waals surface area contributed by atoms with Gasteiger partial charge in [0.15, 0.2) is 11.5 Å². The summed E-state index contributed by atoms with van der Waals surface area (Å²) in [5.41, 5.74) is 0.811. The minimum Gasteiger partial charge on any atom is -0.496 e. The normalized spacial score (nSPS) is 11.7. The lowest BCUT2D eigenvalue weighted by Gasteiger charge is -2.20. The predicted octanol–water partition coefficient (Wildman–Crippen LogP) is 1.93. The number of hydrogen-bond acceptors (Lipinski definition) is 6. The monoisotopic (exact) mass is 297 g/mol. The second kappa shape index (κ2) is 8.36. The van der Waals surface area contributed by atoms with Gasteiger partial charge in [0.05, 0.1) is 34.4 Å². The van der Waals surface area contributed by atoms with E-state index in [1.807, 2.05) is 0 Å². The first-order valence-corrected chi connectivity index (χ1v) is 6.74. The maximum absolute atomic E-state index is 11.7. The van der Waals surface area contributed by atoms with Gasteiger partial charge in [-0.15, -0.1) is 0 Å².